The molecule has 0 aromatic rings. The van der Waals surface area contributed by atoms with Crippen LogP contribution in [0.5, 0.6) is 0 Å². The molecule has 0 unspecified atom stereocenters. The van der Waals surface area contributed by atoms with Gasteiger partial charge in [-0.3, -0.25) is 4.79 Å². The SMILES string of the molecule is CCC/C=C/CNC(=O)CC. The lowest BCUT2D eigenvalue weighted by molar-refractivity contribution is -0.120. The van der Waals surface area contributed by atoms with Gasteiger partial charge in [-0.05, 0) is 6.42 Å². The molecule has 0 aromatic heterocycles. The molecular weight excluding hydrogens is 138 g/mol. The van der Waals surface area contributed by atoms with E-state index in [1.165, 1.54) is 0 Å². The quantitative estimate of drug-likeness (QED) is 0.603. The summed E-state index contributed by atoms with van der Waals surface area (Å²) < 4.78 is 0. The van der Waals surface area contributed by atoms with Crippen molar-refractivity contribution in [1.82, 2.24) is 5.32 Å². The van der Waals surface area contributed by atoms with Crippen LogP contribution >= 0.6 is 0 Å². The second-order valence-electron chi connectivity index (χ2n) is 2.42. The monoisotopic (exact) mass is 155 g/mol. The molecule has 0 aliphatic rings. The third kappa shape index (κ3) is 7.10. The summed E-state index contributed by atoms with van der Waals surface area (Å²) in [5.41, 5.74) is 0. The van der Waals surface area contributed by atoms with Crippen LogP contribution in [0.3, 0.4) is 0 Å². The van der Waals surface area contributed by atoms with E-state index in [1.54, 1.807) is 0 Å². The Bertz CT molecular complexity index is 130. The molecule has 0 spiro atoms. The molecule has 0 aliphatic carbocycles. The van der Waals surface area contributed by atoms with Crippen molar-refractivity contribution in [3.8, 4) is 0 Å². The van der Waals surface area contributed by atoms with Crippen LogP contribution in [-0.2, 0) is 4.79 Å². The van der Waals surface area contributed by atoms with Crippen LogP contribution in [0.4, 0.5) is 0 Å². The van der Waals surface area contributed by atoms with E-state index in [0.717, 1.165) is 12.8 Å². The lowest BCUT2D eigenvalue weighted by Crippen LogP contribution is -2.21. The van der Waals surface area contributed by atoms with Crippen LogP contribution in [0.15, 0.2) is 12.2 Å². The number of amides is 1. The number of nitrogens with one attached hydrogen (secondary N) is 1. The number of rotatable bonds is 5. The summed E-state index contributed by atoms with van der Waals surface area (Å²) in [7, 11) is 0. The first-order valence-electron chi connectivity index (χ1n) is 4.23. The molecule has 0 bridgehead atoms. The number of carbonyl (C=O) groups excluding carboxylic acids is 1. The number of allylic oxidation sites excluding steroid dienone is 1. The molecule has 0 saturated heterocycles. The van der Waals surface area contributed by atoms with Crippen LogP contribution in [0.1, 0.15) is 33.1 Å². The highest BCUT2D eigenvalue weighted by atomic mass is 16.1. The minimum atomic E-state index is 0.117. The van der Waals surface area contributed by atoms with E-state index < -0.39 is 0 Å². The molecule has 64 valence electrons. The summed E-state index contributed by atoms with van der Waals surface area (Å²) in [6.45, 7) is 4.66. The lowest BCUT2D eigenvalue weighted by Gasteiger charge is -1.96. The Morgan fingerprint density at radius 1 is 1.36 bits per heavy atom. The lowest BCUT2D eigenvalue weighted by atomic mass is 10.3. The fourth-order valence-corrected chi connectivity index (χ4v) is 0.666. The molecule has 0 atom stereocenters. The summed E-state index contributed by atoms with van der Waals surface area (Å²) >= 11 is 0. The van der Waals surface area contributed by atoms with Gasteiger partial charge in [-0.2, -0.15) is 0 Å². The van der Waals surface area contributed by atoms with E-state index in [1.807, 2.05) is 13.0 Å². The summed E-state index contributed by atoms with van der Waals surface area (Å²) in [5, 5.41) is 2.77. The summed E-state index contributed by atoms with van der Waals surface area (Å²) in [6.07, 6.45) is 6.93. The van der Waals surface area contributed by atoms with E-state index in [2.05, 4.69) is 18.3 Å². The van der Waals surface area contributed by atoms with Crippen molar-refractivity contribution in [3.05, 3.63) is 12.2 Å². The Morgan fingerprint density at radius 3 is 2.64 bits per heavy atom. The fourth-order valence-electron chi connectivity index (χ4n) is 0.666. The third-order valence-corrected chi connectivity index (χ3v) is 1.36. The third-order valence-electron chi connectivity index (χ3n) is 1.36. The molecule has 0 aliphatic heterocycles. The van der Waals surface area contributed by atoms with E-state index in [4.69, 9.17) is 0 Å². The van der Waals surface area contributed by atoms with E-state index in [9.17, 15) is 4.79 Å². The van der Waals surface area contributed by atoms with Crippen molar-refractivity contribution in [2.45, 2.75) is 33.1 Å². The van der Waals surface area contributed by atoms with Gasteiger partial charge < -0.3 is 5.32 Å². The molecule has 0 aromatic carbocycles. The molecule has 0 radical (unpaired) electrons. The Balaban J connectivity index is 3.19. The van der Waals surface area contributed by atoms with Gasteiger partial charge >= 0.3 is 0 Å². The highest BCUT2D eigenvalue weighted by Gasteiger charge is 1.90. The summed E-state index contributed by atoms with van der Waals surface area (Å²) in [6, 6.07) is 0. The highest BCUT2D eigenvalue weighted by Crippen LogP contribution is 1.86. The molecule has 2 nitrogen and oxygen atoms in total. The van der Waals surface area contributed by atoms with Crippen molar-refractivity contribution in [2.24, 2.45) is 0 Å². The molecule has 0 saturated carbocycles. The molecule has 0 rings (SSSR count). The standard InChI is InChI=1S/C9H17NO/c1-3-5-6-7-8-10-9(11)4-2/h6-7H,3-5,8H2,1-2H3,(H,10,11)/b7-6+. The zero-order valence-electron chi connectivity index (χ0n) is 7.39. The average Bonchev–Trinajstić information content (AvgIpc) is 2.04. The van der Waals surface area contributed by atoms with E-state index >= 15 is 0 Å². The molecule has 0 fully saturated rings. The van der Waals surface area contributed by atoms with Crippen LogP contribution in [0.25, 0.3) is 0 Å². The predicted octanol–water partition coefficient (Wildman–Crippen LogP) is 1.87. The van der Waals surface area contributed by atoms with Gasteiger partial charge in [-0.1, -0.05) is 32.4 Å². The topological polar surface area (TPSA) is 29.1 Å². The van der Waals surface area contributed by atoms with Gasteiger partial charge in [0.25, 0.3) is 0 Å². The minimum Gasteiger partial charge on any atom is -0.353 e. The molecule has 2 heteroatoms. The van der Waals surface area contributed by atoms with Crippen LogP contribution in [-0.4, -0.2) is 12.5 Å². The Morgan fingerprint density at radius 2 is 2.09 bits per heavy atom. The second-order valence-corrected chi connectivity index (χ2v) is 2.42. The van der Waals surface area contributed by atoms with Gasteiger partial charge in [0.15, 0.2) is 0 Å². The maximum atomic E-state index is 10.7. The molecule has 11 heavy (non-hydrogen) atoms. The zero-order valence-corrected chi connectivity index (χ0v) is 7.39. The summed E-state index contributed by atoms with van der Waals surface area (Å²) in [4.78, 5) is 10.7. The Kier molecular flexibility index (Phi) is 6.79. The van der Waals surface area contributed by atoms with Gasteiger partial charge in [0, 0.05) is 13.0 Å². The summed E-state index contributed by atoms with van der Waals surface area (Å²) in [5.74, 6) is 0.117. The Labute approximate surface area is 68.7 Å². The minimum absolute atomic E-state index is 0.117. The van der Waals surface area contributed by atoms with Gasteiger partial charge in [0.2, 0.25) is 5.91 Å². The predicted molar refractivity (Wildman–Crippen MR) is 47.3 cm³/mol. The molecule has 1 amide bonds. The largest absolute Gasteiger partial charge is 0.353 e. The van der Waals surface area contributed by atoms with Gasteiger partial charge in [-0.15, -0.1) is 0 Å². The number of hydrogen-bond acceptors (Lipinski definition) is 1. The molecule has 1 N–H and O–H groups in total. The van der Waals surface area contributed by atoms with Crippen LogP contribution in [0, 0.1) is 0 Å². The van der Waals surface area contributed by atoms with Gasteiger partial charge in [0.05, 0.1) is 0 Å². The molecular formula is C9H17NO. The number of hydrogen-bond donors (Lipinski definition) is 1. The normalized spacial score (nSPS) is 10.4. The maximum absolute atomic E-state index is 10.7. The first-order chi connectivity index (χ1) is 5.31. The highest BCUT2D eigenvalue weighted by molar-refractivity contribution is 5.75. The average molecular weight is 155 g/mol. The first kappa shape index (κ1) is 10.2. The Hall–Kier alpha value is -0.790. The first-order valence-corrected chi connectivity index (χ1v) is 4.23. The molecule has 0 heterocycles. The van der Waals surface area contributed by atoms with Crippen molar-refractivity contribution >= 4 is 5.91 Å². The van der Waals surface area contributed by atoms with Gasteiger partial charge in [0.1, 0.15) is 0 Å². The maximum Gasteiger partial charge on any atom is 0.219 e. The number of carbonyl (C=O) groups is 1. The van der Waals surface area contributed by atoms with E-state index in [-0.39, 0.29) is 5.91 Å². The van der Waals surface area contributed by atoms with Crippen LogP contribution < -0.4 is 5.32 Å². The van der Waals surface area contributed by atoms with Crippen molar-refractivity contribution in [2.75, 3.05) is 6.54 Å². The second kappa shape index (κ2) is 7.32. The number of unbranched alkanes of at least 4 members (excludes halogenated alkanes) is 1. The zero-order chi connectivity index (χ0) is 8.53. The fraction of sp³-hybridized carbons (Fsp3) is 0.667. The van der Waals surface area contributed by atoms with E-state index in [0.29, 0.717) is 13.0 Å². The van der Waals surface area contributed by atoms with Gasteiger partial charge in [-0.25, -0.2) is 0 Å². The smallest absolute Gasteiger partial charge is 0.219 e. The van der Waals surface area contributed by atoms with Crippen molar-refractivity contribution in [1.29, 1.82) is 0 Å². The van der Waals surface area contributed by atoms with Crippen LogP contribution in [0.2, 0.25) is 0 Å². The van der Waals surface area contributed by atoms with Crippen molar-refractivity contribution in [3.63, 3.8) is 0 Å². The van der Waals surface area contributed by atoms with Crippen molar-refractivity contribution < 1.29 is 4.79 Å².